The zero-order valence-electron chi connectivity index (χ0n) is 16.5. The van der Waals surface area contributed by atoms with Gasteiger partial charge in [0.1, 0.15) is 17.1 Å². The number of aromatic nitrogens is 5. The number of primary amides is 1. The molecule has 0 bridgehead atoms. The molecule has 0 atom stereocenters. The summed E-state index contributed by atoms with van der Waals surface area (Å²) >= 11 is 0. The van der Waals surface area contributed by atoms with Gasteiger partial charge in [0.05, 0.1) is 17.4 Å². The molecule has 0 saturated carbocycles. The fraction of sp³-hybridized carbons (Fsp3) is 0.316. The smallest absolute Gasteiger partial charge is 0.267 e. The number of nitrogens with two attached hydrogens (primary N) is 2. The molecule has 28 heavy (non-hydrogen) atoms. The molecule has 0 aromatic carbocycles. The molecule has 0 aliphatic heterocycles. The Morgan fingerprint density at radius 2 is 2.00 bits per heavy atom. The van der Waals surface area contributed by atoms with Gasteiger partial charge in [0.15, 0.2) is 5.82 Å². The fourth-order valence-corrected chi connectivity index (χ4v) is 3.00. The second-order valence-corrected chi connectivity index (χ2v) is 6.41. The van der Waals surface area contributed by atoms with Crippen molar-refractivity contribution in [3.63, 3.8) is 0 Å². The van der Waals surface area contributed by atoms with Crippen LogP contribution in [0.15, 0.2) is 35.2 Å². The number of pyridine rings is 1. The molecule has 0 saturated heterocycles. The summed E-state index contributed by atoms with van der Waals surface area (Å²) in [5, 5.41) is 5.08. The standard InChI is InChI=1S/C19H24N8O/c1-5-22-13(7-11(3)20)15-10-27(6-2)19(25-15)17-12-9-23-26(4)16(12)8-14(24-17)18(21)28/h7-10H,5-6,20H2,1-4H3,(H2,21,28). The molecule has 1 amide bonds. The minimum atomic E-state index is -0.603. The lowest BCUT2D eigenvalue weighted by atomic mass is 10.2. The molecule has 3 rings (SSSR count). The van der Waals surface area contributed by atoms with Crippen molar-refractivity contribution in [1.29, 1.82) is 0 Å². The zero-order valence-corrected chi connectivity index (χ0v) is 16.5. The maximum absolute atomic E-state index is 11.8. The maximum Gasteiger partial charge on any atom is 0.267 e. The zero-order chi connectivity index (χ0) is 20.4. The normalized spacial score (nSPS) is 12.7. The molecule has 146 valence electrons. The van der Waals surface area contributed by atoms with Crippen LogP contribution in [0.4, 0.5) is 0 Å². The molecular formula is C19H24N8O. The largest absolute Gasteiger partial charge is 0.402 e. The van der Waals surface area contributed by atoms with Gasteiger partial charge < -0.3 is 16.0 Å². The Balaban J connectivity index is 2.27. The molecule has 0 unspecified atom stereocenters. The van der Waals surface area contributed by atoms with E-state index in [1.54, 1.807) is 37.0 Å². The SMILES string of the molecule is CCN=C(C=C(C)N)c1cn(CC)c(-c2nc(C(N)=O)cc3c2cnn3C)n1. The summed E-state index contributed by atoms with van der Waals surface area (Å²) in [7, 11) is 1.80. The van der Waals surface area contributed by atoms with E-state index in [9.17, 15) is 4.79 Å². The van der Waals surface area contributed by atoms with E-state index in [0.29, 0.717) is 41.7 Å². The van der Waals surface area contributed by atoms with Gasteiger partial charge in [-0.25, -0.2) is 9.97 Å². The molecule has 0 fully saturated rings. The van der Waals surface area contributed by atoms with Gasteiger partial charge in [-0.1, -0.05) is 0 Å². The first-order valence-corrected chi connectivity index (χ1v) is 9.04. The predicted octanol–water partition coefficient (Wildman–Crippen LogP) is 1.62. The van der Waals surface area contributed by atoms with E-state index < -0.39 is 5.91 Å². The Bertz CT molecular complexity index is 1100. The molecule has 9 heteroatoms. The van der Waals surface area contributed by atoms with E-state index in [-0.39, 0.29) is 5.69 Å². The van der Waals surface area contributed by atoms with Gasteiger partial charge in [0.25, 0.3) is 5.91 Å². The third-order valence-electron chi connectivity index (χ3n) is 4.28. The van der Waals surface area contributed by atoms with Crippen molar-refractivity contribution in [1.82, 2.24) is 24.3 Å². The molecule has 3 aromatic rings. The third-order valence-corrected chi connectivity index (χ3v) is 4.28. The second-order valence-electron chi connectivity index (χ2n) is 6.41. The summed E-state index contributed by atoms with van der Waals surface area (Å²) in [6, 6.07) is 1.64. The number of nitrogens with zero attached hydrogens (tertiary/aromatic N) is 6. The van der Waals surface area contributed by atoms with Gasteiger partial charge in [-0.2, -0.15) is 5.10 Å². The van der Waals surface area contributed by atoms with Gasteiger partial charge in [0.2, 0.25) is 0 Å². The minimum Gasteiger partial charge on any atom is -0.402 e. The Morgan fingerprint density at radius 3 is 2.61 bits per heavy atom. The Morgan fingerprint density at radius 1 is 1.25 bits per heavy atom. The summed E-state index contributed by atoms with van der Waals surface area (Å²) < 4.78 is 3.64. The van der Waals surface area contributed by atoms with E-state index in [4.69, 9.17) is 16.5 Å². The molecule has 3 aromatic heterocycles. The lowest BCUT2D eigenvalue weighted by molar-refractivity contribution is 0.0996. The van der Waals surface area contributed by atoms with Crippen LogP contribution in [0, 0.1) is 0 Å². The Labute approximate surface area is 162 Å². The quantitative estimate of drug-likeness (QED) is 0.628. The van der Waals surface area contributed by atoms with E-state index in [0.717, 1.165) is 10.9 Å². The number of rotatable bonds is 6. The summed E-state index contributed by atoms with van der Waals surface area (Å²) in [5.41, 5.74) is 14.8. The van der Waals surface area contributed by atoms with E-state index in [2.05, 4.69) is 15.1 Å². The fourth-order valence-electron chi connectivity index (χ4n) is 3.00. The van der Waals surface area contributed by atoms with Crippen molar-refractivity contribution in [2.45, 2.75) is 27.3 Å². The number of amides is 1. The number of imidazole rings is 1. The van der Waals surface area contributed by atoms with Gasteiger partial charge in [-0.3, -0.25) is 14.5 Å². The highest BCUT2D eigenvalue weighted by Gasteiger charge is 2.20. The lowest BCUT2D eigenvalue weighted by Gasteiger charge is -2.07. The van der Waals surface area contributed by atoms with Crippen LogP contribution in [0.3, 0.4) is 0 Å². The highest BCUT2D eigenvalue weighted by Crippen LogP contribution is 2.27. The highest BCUT2D eigenvalue weighted by atomic mass is 16.1. The second kappa shape index (κ2) is 7.63. The third kappa shape index (κ3) is 3.51. The van der Waals surface area contributed by atoms with Crippen LogP contribution in [-0.2, 0) is 13.6 Å². The maximum atomic E-state index is 11.8. The molecule has 0 spiro atoms. The average molecular weight is 380 g/mol. The summed E-state index contributed by atoms with van der Waals surface area (Å²) in [6.45, 7) is 7.04. The van der Waals surface area contributed by atoms with Crippen LogP contribution in [0.2, 0.25) is 0 Å². The lowest BCUT2D eigenvalue weighted by Crippen LogP contribution is -2.14. The van der Waals surface area contributed by atoms with Crippen LogP contribution < -0.4 is 11.5 Å². The molecule has 4 N–H and O–H groups in total. The number of carbonyl (C=O) groups is 1. The molecule has 3 heterocycles. The van der Waals surface area contributed by atoms with Crippen LogP contribution in [0.5, 0.6) is 0 Å². The van der Waals surface area contributed by atoms with Gasteiger partial charge >= 0.3 is 0 Å². The minimum absolute atomic E-state index is 0.165. The van der Waals surface area contributed by atoms with Crippen molar-refractivity contribution in [2.24, 2.45) is 23.5 Å². The summed E-state index contributed by atoms with van der Waals surface area (Å²) in [6.07, 6.45) is 5.41. The number of aliphatic imine (C=N–C) groups is 1. The van der Waals surface area contributed by atoms with Gasteiger partial charge in [-0.15, -0.1) is 0 Å². The van der Waals surface area contributed by atoms with E-state index >= 15 is 0 Å². The molecule has 0 radical (unpaired) electrons. The topological polar surface area (TPSA) is 130 Å². The first-order valence-electron chi connectivity index (χ1n) is 9.04. The van der Waals surface area contributed by atoms with Crippen LogP contribution in [0.25, 0.3) is 22.4 Å². The van der Waals surface area contributed by atoms with Crippen molar-refractivity contribution >= 4 is 22.5 Å². The van der Waals surface area contributed by atoms with E-state index in [1.807, 2.05) is 24.6 Å². The first kappa shape index (κ1) is 19.3. The van der Waals surface area contributed by atoms with Crippen LogP contribution in [-0.4, -0.2) is 42.5 Å². The van der Waals surface area contributed by atoms with Crippen LogP contribution >= 0.6 is 0 Å². The van der Waals surface area contributed by atoms with Crippen molar-refractivity contribution in [3.05, 3.63) is 41.6 Å². The first-order chi connectivity index (χ1) is 13.3. The number of allylic oxidation sites excluding steroid dienone is 2. The van der Waals surface area contributed by atoms with Crippen LogP contribution in [0.1, 0.15) is 37.0 Å². The monoisotopic (exact) mass is 380 g/mol. The number of carbonyl (C=O) groups excluding carboxylic acids is 1. The number of hydrogen-bond donors (Lipinski definition) is 2. The van der Waals surface area contributed by atoms with Crippen molar-refractivity contribution in [3.8, 4) is 11.5 Å². The van der Waals surface area contributed by atoms with Crippen molar-refractivity contribution in [2.75, 3.05) is 6.54 Å². The van der Waals surface area contributed by atoms with Gasteiger partial charge in [0, 0.05) is 37.4 Å². The number of aryl methyl sites for hydroxylation is 2. The number of fused-ring (bicyclic) bond motifs is 1. The summed E-state index contributed by atoms with van der Waals surface area (Å²) in [4.78, 5) is 25.5. The molecule has 9 nitrogen and oxygen atoms in total. The van der Waals surface area contributed by atoms with Gasteiger partial charge in [-0.05, 0) is 32.9 Å². The highest BCUT2D eigenvalue weighted by molar-refractivity contribution is 6.08. The molecule has 0 aliphatic carbocycles. The van der Waals surface area contributed by atoms with Crippen molar-refractivity contribution < 1.29 is 4.79 Å². The molecule has 0 aliphatic rings. The number of hydrogen-bond acceptors (Lipinski definition) is 6. The summed E-state index contributed by atoms with van der Waals surface area (Å²) in [5.74, 6) is 0.0135. The van der Waals surface area contributed by atoms with E-state index in [1.165, 1.54) is 0 Å². The average Bonchev–Trinajstić information content (AvgIpc) is 3.24. The molecular weight excluding hydrogens is 356 g/mol. The Hall–Kier alpha value is -3.49. The Kier molecular flexibility index (Phi) is 5.25. The predicted molar refractivity (Wildman–Crippen MR) is 109 cm³/mol.